The van der Waals surface area contributed by atoms with E-state index in [0.29, 0.717) is 31.0 Å². The van der Waals surface area contributed by atoms with Gasteiger partial charge >= 0.3 is 0 Å². The second-order valence-corrected chi connectivity index (χ2v) is 3.10. The second-order valence-electron chi connectivity index (χ2n) is 3.10. The molecule has 0 radical (unpaired) electrons. The van der Waals surface area contributed by atoms with Crippen LogP contribution >= 0.6 is 0 Å². The van der Waals surface area contributed by atoms with Crippen molar-refractivity contribution < 1.29 is 4.79 Å². The van der Waals surface area contributed by atoms with Crippen molar-refractivity contribution in [1.29, 1.82) is 0 Å². The van der Waals surface area contributed by atoms with Crippen molar-refractivity contribution in [2.24, 2.45) is 0 Å². The number of nitrogens with two attached hydrogens (primary N) is 1. The fourth-order valence-electron chi connectivity index (χ4n) is 1.13. The van der Waals surface area contributed by atoms with Crippen molar-refractivity contribution in [3.05, 3.63) is 18.3 Å². The van der Waals surface area contributed by atoms with E-state index in [-0.39, 0.29) is 5.91 Å². The van der Waals surface area contributed by atoms with Crippen LogP contribution in [0, 0.1) is 0 Å². The number of carbonyl (C=O) groups is 1. The Morgan fingerprint density at radius 2 is 2.40 bits per heavy atom. The fraction of sp³-hybridized carbons (Fsp3) is 0.400. The van der Waals surface area contributed by atoms with Crippen LogP contribution in [-0.2, 0) is 4.79 Å². The Labute approximate surface area is 89.1 Å². The van der Waals surface area contributed by atoms with Gasteiger partial charge in [-0.05, 0) is 13.0 Å². The molecule has 1 aromatic rings. The zero-order valence-electron chi connectivity index (χ0n) is 8.79. The molecule has 1 rings (SSSR count). The van der Waals surface area contributed by atoms with Crippen molar-refractivity contribution in [1.82, 2.24) is 10.3 Å². The van der Waals surface area contributed by atoms with Gasteiger partial charge in [0.15, 0.2) is 0 Å². The molecule has 5 heteroatoms. The Morgan fingerprint density at radius 1 is 1.60 bits per heavy atom. The lowest BCUT2D eigenvalue weighted by Gasteiger charge is -2.05. The maximum Gasteiger partial charge on any atom is 0.221 e. The minimum absolute atomic E-state index is 0.0360. The van der Waals surface area contributed by atoms with Crippen molar-refractivity contribution in [2.45, 2.75) is 13.3 Å². The summed E-state index contributed by atoms with van der Waals surface area (Å²) in [5, 5.41) is 5.74. The highest BCUT2D eigenvalue weighted by Crippen LogP contribution is 2.07. The van der Waals surface area contributed by atoms with Crippen molar-refractivity contribution in [3.8, 4) is 0 Å². The summed E-state index contributed by atoms with van der Waals surface area (Å²) in [6.07, 6.45) is 2.06. The molecular weight excluding hydrogens is 192 g/mol. The minimum atomic E-state index is 0.0360. The van der Waals surface area contributed by atoms with E-state index in [0.717, 1.165) is 0 Å². The topological polar surface area (TPSA) is 80.0 Å². The van der Waals surface area contributed by atoms with Crippen LogP contribution in [0.1, 0.15) is 13.3 Å². The molecule has 0 fully saturated rings. The Hall–Kier alpha value is -1.78. The van der Waals surface area contributed by atoms with Crippen molar-refractivity contribution in [2.75, 3.05) is 24.1 Å². The summed E-state index contributed by atoms with van der Waals surface area (Å²) >= 11 is 0. The number of anilines is 2. The lowest BCUT2D eigenvalue weighted by atomic mass is 10.3. The lowest BCUT2D eigenvalue weighted by Crippen LogP contribution is -2.24. The molecule has 0 unspecified atom stereocenters. The highest BCUT2D eigenvalue weighted by atomic mass is 16.1. The SMILES string of the molecule is CCNC(=O)CCNc1cc(N)ccn1. The molecule has 5 nitrogen and oxygen atoms in total. The van der Waals surface area contributed by atoms with Crippen LogP contribution in [0.25, 0.3) is 0 Å². The number of nitrogen functional groups attached to an aromatic ring is 1. The average Bonchev–Trinajstić information content (AvgIpc) is 2.18. The van der Waals surface area contributed by atoms with E-state index >= 15 is 0 Å². The largest absolute Gasteiger partial charge is 0.399 e. The van der Waals surface area contributed by atoms with Gasteiger partial charge in [0.2, 0.25) is 5.91 Å². The molecule has 15 heavy (non-hydrogen) atoms. The van der Waals surface area contributed by atoms with Gasteiger partial charge in [0.05, 0.1) is 0 Å². The summed E-state index contributed by atoms with van der Waals surface area (Å²) in [7, 11) is 0. The zero-order valence-corrected chi connectivity index (χ0v) is 8.79. The maximum atomic E-state index is 11.1. The van der Waals surface area contributed by atoms with E-state index in [4.69, 9.17) is 5.73 Å². The van der Waals surface area contributed by atoms with Crippen LogP contribution in [0.2, 0.25) is 0 Å². The quantitative estimate of drug-likeness (QED) is 0.662. The third-order valence-electron chi connectivity index (χ3n) is 1.82. The van der Waals surface area contributed by atoms with E-state index in [1.807, 2.05) is 6.92 Å². The summed E-state index contributed by atoms with van der Waals surface area (Å²) in [5.41, 5.74) is 6.24. The normalized spacial score (nSPS) is 9.67. The number of carbonyl (C=O) groups excluding carboxylic acids is 1. The van der Waals surface area contributed by atoms with Gasteiger partial charge < -0.3 is 16.4 Å². The number of nitrogens with zero attached hydrogens (tertiary/aromatic N) is 1. The Balaban J connectivity index is 2.28. The molecule has 0 saturated carbocycles. The lowest BCUT2D eigenvalue weighted by molar-refractivity contribution is -0.120. The molecule has 1 heterocycles. The smallest absolute Gasteiger partial charge is 0.221 e. The number of amides is 1. The summed E-state index contributed by atoms with van der Waals surface area (Å²) < 4.78 is 0. The molecule has 1 aromatic heterocycles. The zero-order chi connectivity index (χ0) is 11.1. The molecule has 0 saturated heterocycles. The molecular formula is C10H16N4O. The Bertz CT molecular complexity index is 327. The predicted octanol–water partition coefficient (Wildman–Crippen LogP) is 0.602. The monoisotopic (exact) mass is 208 g/mol. The van der Waals surface area contributed by atoms with Gasteiger partial charge in [0, 0.05) is 37.5 Å². The number of nitrogens with one attached hydrogen (secondary N) is 2. The van der Waals surface area contributed by atoms with Gasteiger partial charge in [0.25, 0.3) is 0 Å². The van der Waals surface area contributed by atoms with E-state index in [1.165, 1.54) is 0 Å². The van der Waals surface area contributed by atoms with Gasteiger partial charge in [-0.25, -0.2) is 4.98 Å². The standard InChI is InChI=1S/C10H16N4O/c1-2-12-10(15)4-6-14-9-7-8(11)3-5-13-9/h3,5,7H,2,4,6H2,1H3,(H,12,15)(H3,11,13,14). The first kappa shape index (κ1) is 11.3. The van der Waals surface area contributed by atoms with E-state index in [2.05, 4.69) is 15.6 Å². The molecule has 4 N–H and O–H groups in total. The Kier molecular flexibility index (Phi) is 4.40. The second kappa shape index (κ2) is 5.85. The van der Waals surface area contributed by atoms with Crippen LogP contribution in [0.5, 0.6) is 0 Å². The molecule has 0 bridgehead atoms. The van der Waals surface area contributed by atoms with Gasteiger partial charge in [-0.3, -0.25) is 4.79 Å². The summed E-state index contributed by atoms with van der Waals surface area (Å²) in [5.74, 6) is 0.730. The molecule has 82 valence electrons. The van der Waals surface area contributed by atoms with Crippen molar-refractivity contribution in [3.63, 3.8) is 0 Å². The van der Waals surface area contributed by atoms with Crippen LogP contribution in [-0.4, -0.2) is 24.0 Å². The third-order valence-corrected chi connectivity index (χ3v) is 1.82. The number of aromatic nitrogens is 1. The van der Waals surface area contributed by atoms with Crippen LogP contribution in [0.3, 0.4) is 0 Å². The molecule has 0 spiro atoms. The number of hydrogen-bond donors (Lipinski definition) is 3. The summed E-state index contributed by atoms with van der Waals surface area (Å²) in [6.45, 7) is 3.11. The molecule has 1 amide bonds. The van der Waals surface area contributed by atoms with Gasteiger partial charge in [0.1, 0.15) is 5.82 Å². The summed E-state index contributed by atoms with van der Waals surface area (Å²) in [4.78, 5) is 15.2. The van der Waals surface area contributed by atoms with Gasteiger partial charge in [-0.1, -0.05) is 0 Å². The predicted molar refractivity (Wildman–Crippen MR) is 60.4 cm³/mol. The van der Waals surface area contributed by atoms with Crippen LogP contribution in [0.15, 0.2) is 18.3 Å². The van der Waals surface area contributed by atoms with Crippen LogP contribution in [0.4, 0.5) is 11.5 Å². The van der Waals surface area contributed by atoms with Gasteiger partial charge in [-0.15, -0.1) is 0 Å². The van der Waals surface area contributed by atoms with E-state index < -0.39 is 0 Å². The number of pyridine rings is 1. The average molecular weight is 208 g/mol. The summed E-state index contributed by atoms with van der Waals surface area (Å²) in [6, 6.07) is 3.45. The highest BCUT2D eigenvalue weighted by Gasteiger charge is 1.99. The first-order chi connectivity index (χ1) is 7.22. The molecule has 0 atom stereocenters. The number of rotatable bonds is 5. The van der Waals surface area contributed by atoms with E-state index in [1.54, 1.807) is 18.3 Å². The molecule has 0 aliphatic carbocycles. The first-order valence-electron chi connectivity index (χ1n) is 4.94. The van der Waals surface area contributed by atoms with Crippen molar-refractivity contribution >= 4 is 17.4 Å². The third kappa shape index (κ3) is 4.30. The fourth-order valence-corrected chi connectivity index (χ4v) is 1.13. The highest BCUT2D eigenvalue weighted by molar-refractivity contribution is 5.76. The number of hydrogen-bond acceptors (Lipinski definition) is 4. The van der Waals surface area contributed by atoms with Crippen LogP contribution < -0.4 is 16.4 Å². The molecule has 0 aromatic carbocycles. The molecule has 0 aliphatic rings. The van der Waals surface area contributed by atoms with Gasteiger partial charge in [-0.2, -0.15) is 0 Å². The van der Waals surface area contributed by atoms with E-state index in [9.17, 15) is 4.79 Å². The molecule has 0 aliphatic heterocycles. The minimum Gasteiger partial charge on any atom is -0.399 e. The first-order valence-corrected chi connectivity index (χ1v) is 4.94. The Morgan fingerprint density at radius 3 is 3.07 bits per heavy atom. The maximum absolute atomic E-state index is 11.1.